The van der Waals surface area contributed by atoms with Crippen LogP contribution < -0.4 is 5.32 Å². The second-order valence-electron chi connectivity index (χ2n) is 3.33. The highest BCUT2D eigenvalue weighted by Gasteiger charge is 2.13. The molecule has 5 heteroatoms. The van der Waals surface area contributed by atoms with Crippen LogP contribution in [0.25, 0.3) is 0 Å². The number of nitrogens with one attached hydrogen (secondary N) is 1. The van der Waals surface area contributed by atoms with Gasteiger partial charge in [-0.2, -0.15) is 0 Å². The van der Waals surface area contributed by atoms with Crippen LogP contribution in [0, 0.1) is 5.82 Å². The van der Waals surface area contributed by atoms with Gasteiger partial charge in [0.25, 0.3) is 0 Å². The minimum Gasteiger partial charge on any atom is -0.394 e. The van der Waals surface area contributed by atoms with E-state index in [1.54, 1.807) is 6.92 Å². The first kappa shape index (κ1) is 12.9. The van der Waals surface area contributed by atoms with Crippen molar-refractivity contribution in [1.29, 1.82) is 0 Å². The standard InChI is InChI=1S/C11H13ClFNO2/c1-2-11(16)14-10(6-15)7-3-4-9(13)8(12)5-7/h3-5,10,15H,2,6H2,1H3,(H,14,16). The van der Waals surface area contributed by atoms with Crippen LogP contribution in [0.3, 0.4) is 0 Å². The molecule has 0 aromatic heterocycles. The summed E-state index contributed by atoms with van der Waals surface area (Å²) in [5, 5.41) is 11.7. The van der Waals surface area contributed by atoms with Crippen LogP contribution in [0.5, 0.6) is 0 Å². The molecule has 0 aliphatic heterocycles. The lowest BCUT2D eigenvalue weighted by Crippen LogP contribution is -2.30. The molecule has 1 atom stereocenters. The molecular weight excluding hydrogens is 233 g/mol. The Kier molecular flexibility index (Phi) is 4.71. The zero-order valence-electron chi connectivity index (χ0n) is 8.84. The van der Waals surface area contributed by atoms with Crippen LogP contribution in [-0.2, 0) is 4.79 Å². The number of carbonyl (C=O) groups is 1. The number of aliphatic hydroxyl groups is 1. The molecular formula is C11H13ClFNO2. The van der Waals surface area contributed by atoms with Gasteiger partial charge in [0.05, 0.1) is 17.7 Å². The van der Waals surface area contributed by atoms with Gasteiger partial charge in [-0.1, -0.05) is 24.6 Å². The Morgan fingerprint density at radius 1 is 1.62 bits per heavy atom. The number of benzene rings is 1. The van der Waals surface area contributed by atoms with Crippen molar-refractivity contribution < 1.29 is 14.3 Å². The van der Waals surface area contributed by atoms with Gasteiger partial charge in [0.1, 0.15) is 5.82 Å². The summed E-state index contributed by atoms with van der Waals surface area (Å²) in [4.78, 5) is 11.2. The number of aliphatic hydroxyl groups excluding tert-OH is 1. The van der Waals surface area contributed by atoms with E-state index < -0.39 is 11.9 Å². The number of hydrogen-bond donors (Lipinski definition) is 2. The van der Waals surface area contributed by atoms with Gasteiger partial charge in [-0.15, -0.1) is 0 Å². The van der Waals surface area contributed by atoms with E-state index in [4.69, 9.17) is 16.7 Å². The Hall–Kier alpha value is -1.13. The van der Waals surface area contributed by atoms with Crippen molar-refractivity contribution in [2.75, 3.05) is 6.61 Å². The number of hydrogen-bond acceptors (Lipinski definition) is 2. The summed E-state index contributed by atoms with van der Waals surface area (Å²) in [7, 11) is 0. The fraction of sp³-hybridized carbons (Fsp3) is 0.364. The maximum Gasteiger partial charge on any atom is 0.220 e. The van der Waals surface area contributed by atoms with Gasteiger partial charge >= 0.3 is 0 Å². The molecule has 0 spiro atoms. The van der Waals surface area contributed by atoms with E-state index in [-0.39, 0.29) is 17.5 Å². The zero-order valence-corrected chi connectivity index (χ0v) is 9.59. The maximum atomic E-state index is 12.9. The number of amides is 1. The topological polar surface area (TPSA) is 49.3 Å². The third-order valence-electron chi connectivity index (χ3n) is 2.18. The van der Waals surface area contributed by atoms with Crippen molar-refractivity contribution in [1.82, 2.24) is 5.32 Å². The summed E-state index contributed by atoms with van der Waals surface area (Å²) in [6.45, 7) is 1.45. The van der Waals surface area contributed by atoms with Gasteiger partial charge in [-0.25, -0.2) is 4.39 Å². The highest BCUT2D eigenvalue weighted by molar-refractivity contribution is 6.30. The van der Waals surface area contributed by atoms with Crippen LogP contribution >= 0.6 is 11.6 Å². The predicted molar refractivity (Wildman–Crippen MR) is 59.7 cm³/mol. The van der Waals surface area contributed by atoms with Crippen LogP contribution in [0.4, 0.5) is 4.39 Å². The van der Waals surface area contributed by atoms with Gasteiger partial charge in [0.2, 0.25) is 5.91 Å². The molecule has 1 rings (SSSR count). The lowest BCUT2D eigenvalue weighted by atomic mass is 10.1. The lowest BCUT2D eigenvalue weighted by Gasteiger charge is -2.16. The van der Waals surface area contributed by atoms with Crippen molar-refractivity contribution in [3.63, 3.8) is 0 Å². The molecule has 88 valence electrons. The fourth-order valence-corrected chi connectivity index (χ4v) is 1.45. The molecule has 0 aliphatic carbocycles. The third-order valence-corrected chi connectivity index (χ3v) is 2.47. The third kappa shape index (κ3) is 3.18. The molecule has 1 amide bonds. The van der Waals surface area contributed by atoms with Crippen LogP contribution in [-0.4, -0.2) is 17.6 Å². The summed E-state index contributed by atoms with van der Waals surface area (Å²) in [5.41, 5.74) is 0.579. The summed E-state index contributed by atoms with van der Waals surface area (Å²) in [5.74, 6) is -0.705. The van der Waals surface area contributed by atoms with Crippen LogP contribution in [0.15, 0.2) is 18.2 Å². The van der Waals surface area contributed by atoms with E-state index in [2.05, 4.69) is 5.32 Å². The Morgan fingerprint density at radius 2 is 2.31 bits per heavy atom. The van der Waals surface area contributed by atoms with Crippen molar-refractivity contribution in [2.45, 2.75) is 19.4 Å². The van der Waals surface area contributed by atoms with Crippen molar-refractivity contribution in [3.8, 4) is 0 Å². The molecule has 2 N–H and O–H groups in total. The second-order valence-corrected chi connectivity index (χ2v) is 3.74. The normalized spacial score (nSPS) is 12.2. The average Bonchev–Trinajstić information content (AvgIpc) is 2.29. The largest absolute Gasteiger partial charge is 0.394 e. The summed E-state index contributed by atoms with van der Waals surface area (Å²) in [6.07, 6.45) is 0.325. The summed E-state index contributed by atoms with van der Waals surface area (Å²) < 4.78 is 12.9. The molecule has 1 aromatic rings. The molecule has 1 aromatic carbocycles. The molecule has 3 nitrogen and oxygen atoms in total. The van der Waals surface area contributed by atoms with Crippen molar-refractivity contribution in [3.05, 3.63) is 34.6 Å². The summed E-state index contributed by atoms with van der Waals surface area (Å²) >= 11 is 5.62. The second kappa shape index (κ2) is 5.82. The monoisotopic (exact) mass is 245 g/mol. The highest BCUT2D eigenvalue weighted by atomic mass is 35.5. The highest BCUT2D eigenvalue weighted by Crippen LogP contribution is 2.20. The molecule has 16 heavy (non-hydrogen) atoms. The fourth-order valence-electron chi connectivity index (χ4n) is 1.26. The van der Waals surface area contributed by atoms with E-state index in [1.165, 1.54) is 18.2 Å². The quantitative estimate of drug-likeness (QED) is 0.853. The maximum absolute atomic E-state index is 12.9. The molecule has 0 bridgehead atoms. The van der Waals surface area contributed by atoms with Gasteiger partial charge in [-0.05, 0) is 17.7 Å². The molecule has 1 unspecified atom stereocenters. The van der Waals surface area contributed by atoms with Crippen molar-refractivity contribution in [2.24, 2.45) is 0 Å². The number of rotatable bonds is 4. The smallest absolute Gasteiger partial charge is 0.220 e. The molecule has 0 aliphatic rings. The Morgan fingerprint density at radius 3 is 2.81 bits per heavy atom. The summed E-state index contributed by atoms with van der Waals surface area (Å²) in [6, 6.07) is 3.54. The minimum atomic E-state index is -0.550. The Labute approximate surface area is 98.2 Å². The van der Waals surface area contributed by atoms with E-state index >= 15 is 0 Å². The number of carbonyl (C=O) groups excluding carboxylic acids is 1. The molecule has 0 heterocycles. The van der Waals surface area contributed by atoms with Gasteiger partial charge in [0, 0.05) is 6.42 Å². The SMILES string of the molecule is CCC(=O)NC(CO)c1ccc(F)c(Cl)c1. The van der Waals surface area contributed by atoms with E-state index in [0.717, 1.165) is 0 Å². The minimum absolute atomic E-state index is 0.0262. The molecule has 0 radical (unpaired) electrons. The van der Waals surface area contributed by atoms with Crippen LogP contribution in [0.1, 0.15) is 24.9 Å². The van der Waals surface area contributed by atoms with E-state index in [1.807, 2.05) is 0 Å². The Bertz CT molecular complexity index is 384. The van der Waals surface area contributed by atoms with Crippen LogP contribution in [0.2, 0.25) is 5.02 Å². The first-order chi connectivity index (χ1) is 7.58. The first-order valence-corrected chi connectivity index (χ1v) is 5.31. The van der Waals surface area contributed by atoms with Gasteiger partial charge in [0.15, 0.2) is 0 Å². The molecule has 0 saturated carbocycles. The number of halogens is 2. The molecule has 0 saturated heterocycles. The van der Waals surface area contributed by atoms with Crippen molar-refractivity contribution >= 4 is 17.5 Å². The first-order valence-electron chi connectivity index (χ1n) is 4.93. The average molecular weight is 246 g/mol. The van der Waals surface area contributed by atoms with E-state index in [0.29, 0.717) is 12.0 Å². The zero-order chi connectivity index (χ0) is 12.1. The predicted octanol–water partition coefficient (Wildman–Crippen LogP) is 2.04. The Balaban J connectivity index is 2.86. The molecule has 0 fully saturated rings. The lowest BCUT2D eigenvalue weighted by molar-refractivity contribution is -0.121. The van der Waals surface area contributed by atoms with E-state index in [9.17, 15) is 9.18 Å². The van der Waals surface area contributed by atoms with Gasteiger partial charge in [-0.3, -0.25) is 4.79 Å². The van der Waals surface area contributed by atoms with Gasteiger partial charge < -0.3 is 10.4 Å².